The maximum atomic E-state index is 11.5. The summed E-state index contributed by atoms with van der Waals surface area (Å²) in [5.74, 6) is 0.326. The zero-order chi connectivity index (χ0) is 10.7. The van der Waals surface area contributed by atoms with Crippen molar-refractivity contribution in [2.75, 3.05) is 0 Å². The molecule has 0 aromatic rings. The van der Waals surface area contributed by atoms with E-state index in [9.17, 15) is 9.59 Å². The van der Waals surface area contributed by atoms with Crippen molar-refractivity contribution < 1.29 is 9.59 Å². The van der Waals surface area contributed by atoms with E-state index >= 15 is 0 Å². The predicted molar refractivity (Wildman–Crippen MR) is 56.6 cm³/mol. The summed E-state index contributed by atoms with van der Waals surface area (Å²) in [5, 5.41) is 5.88. The Morgan fingerprint density at radius 3 is 2.00 bits per heavy atom. The highest BCUT2D eigenvalue weighted by Crippen LogP contribution is 2.18. The molecule has 84 valence electrons. The zero-order valence-electron chi connectivity index (χ0n) is 8.92. The van der Waals surface area contributed by atoms with Crippen molar-refractivity contribution in [1.82, 2.24) is 10.6 Å². The number of Topliss-reactive ketones (excluding diaryl/α,β-unsaturated/α-hetero) is 1. The minimum absolute atomic E-state index is 0.0564. The number of nitrogens with one attached hydrogen (secondary N) is 2. The molecule has 4 heteroatoms. The highest BCUT2D eigenvalue weighted by atomic mass is 16.2. The topological polar surface area (TPSA) is 58.2 Å². The first-order chi connectivity index (χ1) is 7.24. The highest BCUT2D eigenvalue weighted by molar-refractivity contribution is 5.80. The Kier molecular flexibility index (Phi) is 3.23. The van der Waals surface area contributed by atoms with Crippen LogP contribution >= 0.6 is 0 Å². The van der Waals surface area contributed by atoms with Crippen LogP contribution in [-0.4, -0.2) is 23.9 Å². The molecular formula is C11H18N2O2. The Morgan fingerprint density at radius 1 is 1.00 bits per heavy atom. The van der Waals surface area contributed by atoms with Crippen LogP contribution in [0.4, 0.5) is 4.79 Å². The number of amides is 2. The summed E-state index contributed by atoms with van der Waals surface area (Å²) in [6.45, 7) is 0. The van der Waals surface area contributed by atoms with Crippen molar-refractivity contribution in [2.45, 2.75) is 57.0 Å². The summed E-state index contributed by atoms with van der Waals surface area (Å²) >= 11 is 0. The Bertz CT molecular complexity index is 251. The van der Waals surface area contributed by atoms with Gasteiger partial charge in [-0.25, -0.2) is 4.79 Å². The first kappa shape index (κ1) is 10.5. The second kappa shape index (κ2) is 4.64. The van der Waals surface area contributed by atoms with Crippen molar-refractivity contribution in [3.8, 4) is 0 Å². The number of ketones is 1. The van der Waals surface area contributed by atoms with E-state index < -0.39 is 0 Å². The monoisotopic (exact) mass is 210 g/mol. The zero-order valence-corrected chi connectivity index (χ0v) is 8.92. The summed E-state index contributed by atoms with van der Waals surface area (Å²) in [5.41, 5.74) is 0. The van der Waals surface area contributed by atoms with E-state index in [0.29, 0.717) is 24.7 Å². The fourth-order valence-electron chi connectivity index (χ4n) is 2.05. The van der Waals surface area contributed by atoms with E-state index in [1.54, 1.807) is 0 Å². The van der Waals surface area contributed by atoms with Gasteiger partial charge in [0.1, 0.15) is 5.78 Å². The molecule has 0 aromatic heterocycles. The minimum atomic E-state index is -0.0564. The van der Waals surface area contributed by atoms with E-state index in [1.165, 1.54) is 6.42 Å². The van der Waals surface area contributed by atoms with Crippen molar-refractivity contribution in [1.29, 1.82) is 0 Å². The SMILES string of the molecule is O=C1CCC(NC(=O)NC2CCC2)CC1. The summed E-state index contributed by atoms with van der Waals surface area (Å²) in [4.78, 5) is 22.5. The van der Waals surface area contributed by atoms with Crippen molar-refractivity contribution in [3.63, 3.8) is 0 Å². The predicted octanol–water partition coefficient (Wildman–Crippen LogP) is 1.35. The Labute approximate surface area is 89.8 Å². The third-order valence-electron chi connectivity index (χ3n) is 3.32. The third kappa shape index (κ3) is 2.94. The molecule has 15 heavy (non-hydrogen) atoms. The van der Waals surface area contributed by atoms with Gasteiger partial charge in [0.2, 0.25) is 0 Å². The average molecular weight is 210 g/mol. The van der Waals surface area contributed by atoms with Gasteiger partial charge in [0, 0.05) is 24.9 Å². The number of hydrogen-bond acceptors (Lipinski definition) is 2. The van der Waals surface area contributed by atoms with Crippen LogP contribution in [0.2, 0.25) is 0 Å². The molecule has 0 aromatic carbocycles. The molecule has 2 rings (SSSR count). The standard InChI is InChI=1S/C11H18N2O2/c14-10-6-4-9(5-7-10)13-11(15)12-8-2-1-3-8/h8-9H,1-7H2,(H2,12,13,15). The smallest absolute Gasteiger partial charge is 0.315 e. The van der Waals surface area contributed by atoms with Gasteiger partial charge in [0.05, 0.1) is 0 Å². The van der Waals surface area contributed by atoms with Gasteiger partial charge in [0.25, 0.3) is 0 Å². The number of carbonyl (C=O) groups is 2. The van der Waals surface area contributed by atoms with Gasteiger partial charge in [0.15, 0.2) is 0 Å². The summed E-state index contributed by atoms with van der Waals surface area (Å²) in [7, 11) is 0. The molecule has 2 N–H and O–H groups in total. The van der Waals surface area contributed by atoms with Crippen LogP contribution in [0.25, 0.3) is 0 Å². The Hall–Kier alpha value is -1.06. The average Bonchev–Trinajstić information content (AvgIpc) is 2.16. The van der Waals surface area contributed by atoms with Crippen LogP contribution < -0.4 is 10.6 Å². The molecular weight excluding hydrogens is 192 g/mol. The van der Waals surface area contributed by atoms with E-state index in [1.807, 2.05) is 0 Å². The molecule has 0 spiro atoms. The van der Waals surface area contributed by atoms with Crippen LogP contribution in [0.1, 0.15) is 44.9 Å². The molecule has 2 amide bonds. The number of hydrogen-bond donors (Lipinski definition) is 2. The molecule has 0 bridgehead atoms. The molecule has 0 heterocycles. The van der Waals surface area contributed by atoms with E-state index in [-0.39, 0.29) is 12.1 Å². The number of urea groups is 1. The summed E-state index contributed by atoms with van der Waals surface area (Å²) in [6.07, 6.45) is 6.28. The quantitative estimate of drug-likeness (QED) is 0.722. The van der Waals surface area contributed by atoms with Gasteiger partial charge in [-0.05, 0) is 32.1 Å². The second-order valence-electron chi connectivity index (χ2n) is 4.56. The Balaban J connectivity index is 1.66. The van der Waals surface area contributed by atoms with Crippen LogP contribution in [0.15, 0.2) is 0 Å². The van der Waals surface area contributed by atoms with Gasteiger partial charge in [-0.3, -0.25) is 4.79 Å². The third-order valence-corrected chi connectivity index (χ3v) is 3.32. The normalized spacial score (nSPS) is 23.3. The molecule has 2 aliphatic rings. The lowest BCUT2D eigenvalue weighted by Gasteiger charge is -2.28. The largest absolute Gasteiger partial charge is 0.335 e. The Morgan fingerprint density at radius 2 is 1.53 bits per heavy atom. The van der Waals surface area contributed by atoms with Crippen molar-refractivity contribution in [3.05, 3.63) is 0 Å². The maximum absolute atomic E-state index is 11.5. The van der Waals surface area contributed by atoms with E-state index in [0.717, 1.165) is 25.7 Å². The molecule has 4 nitrogen and oxygen atoms in total. The van der Waals surface area contributed by atoms with Crippen LogP contribution in [-0.2, 0) is 4.79 Å². The van der Waals surface area contributed by atoms with Gasteiger partial charge in [-0.1, -0.05) is 0 Å². The maximum Gasteiger partial charge on any atom is 0.315 e. The van der Waals surface area contributed by atoms with Crippen molar-refractivity contribution >= 4 is 11.8 Å². The summed E-state index contributed by atoms with van der Waals surface area (Å²) < 4.78 is 0. The second-order valence-corrected chi connectivity index (χ2v) is 4.56. The van der Waals surface area contributed by atoms with Gasteiger partial charge in [-0.2, -0.15) is 0 Å². The number of rotatable bonds is 2. The minimum Gasteiger partial charge on any atom is -0.335 e. The van der Waals surface area contributed by atoms with Crippen molar-refractivity contribution in [2.24, 2.45) is 0 Å². The summed E-state index contributed by atoms with van der Waals surface area (Å²) in [6, 6.07) is 0.525. The first-order valence-corrected chi connectivity index (χ1v) is 5.83. The fourth-order valence-corrected chi connectivity index (χ4v) is 2.05. The van der Waals surface area contributed by atoms with Gasteiger partial charge < -0.3 is 10.6 Å². The van der Waals surface area contributed by atoms with Crippen LogP contribution in [0.5, 0.6) is 0 Å². The highest BCUT2D eigenvalue weighted by Gasteiger charge is 2.23. The molecule has 2 fully saturated rings. The molecule has 0 aliphatic heterocycles. The van der Waals surface area contributed by atoms with Gasteiger partial charge in [-0.15, -0.1) is 0 Å². The lowest BCUT2D eigenvalue weighted by Crippen LogP contribution is -2.49. The molecule has 2 saturated carbocycles. The molecule has 0 atom stereocenters. The van der Waals surface area contributed by atoms with Crippen LogP contribution in [0, 0.1) is 0 Å². The first-order valence-electron chi connectivity index (χ1n) is 5.83. The van der Waals surface area contributed by atoms with E-state index in [4.69, 9.17) is 0 Å². The van der Waals surface area contributed by atoms with Gasteiger partial charge >= 0.3 is 6.03 Å². The van der Waals surface area contributed by atoms with E-state index in [2.05, 4.69) is 10.6 Å². The molecule has 0 radical (unpaired) electrons. The fraction of sp³-hybridized carbons (Fsp3) is 0.818. The lowest BCUT2D eigenvalue weighted by atomic mass is 9.93. The lowest BCUT2D eigenvalue weighted by molar-refractivity contribution is -0.120. The molecule has 0 saturated heterocycles. The van der Waals surface area contributed by atoms with Crippen LogP contribution in [0.3, 0.4) is 0 Å². The molecule has 0 unspecified atom stereocenters. The molecule has 2 aliphatic carbocycles. The number of carbonyl (C=O) groups excluding carboxylic acids is 2.